The molecule has 6 aliphatic heterocycles. The molecule has 84 heavy (non-hydrogen) atoms. The van der Waals surface area contributed by atoms with Gasteiger partial charge in [0, 0.05) is 37.0 Å². The summed E-state index contributed by atoms with van der Waals surface area (Å²) >= 11 is 0. The molecule has 464 valence electrons. The number of aromatic hydroxyl groups is 1. The minimum Gasteiger partial charge on any atom is -0.504 e. The average molecular weight is 1250 g/mol. The van der Waals surface area contributed by atoms with E-state index in [1.54, 1.807) is 6.07 Å². The van der Waals surface area contributed by atoms with Gasteiger partial charge in [-0.2, -0.15) is 0 Å². The van der Waals surface area contributed by atoms with Gasteiger partial charge in [0.05, 0.1) is 54.2 Å². The molecule has 0 saturated heterocycles. The van der Waals surface area contributed by atoms with Crippen LogP contribution in [-0.4, -0.2) is 202 Å². The Morgan fingerprint density at radius 1 is 0.417 bits per heavy atom. The van der Waals surface area contributed by atoms with Crippen LogP contribution in [0.25, 0.3) is 0 Å². The van der Waals surface area contributed by atoms with E-state index in [1.165, 1.54) is 12.1 Å². The molecule has 3 aliphatic carbocycles. The lowest BCUT2D eigenvalue weighted by molar-refractivity contribution is -0.155. The van der Waals surface area contributed by atoms with Crippen molar-refractivity contribution < 1.29 is 102 Å². The molecule has 12 rings (SSSR count). The number of aliphatic hydroxyl groups excluding tert-OH is 8. The lowest BCUT2D eigenvalue weighted by Crippen LogP contribution is -2.69. The monoisotopic (exact) mass is 1250 g/mol. The molecular weight excluding hydrogens is 1160 g/mol. The topological polar surface area (TPSA) is 352 Å². The van der Waals surface area contributed by atoms with Crippen LogP contribution < -0.4 is 44.4 Å². The number of phenolic OH excluding ortho intramolecular Hbond substituents is 1. The van der Waals surface area contributed by atoms with Crippen LogP contribution in [0.15, 0.2) is 30.3 Å². The zero-order valence-corrected chi connectivity index (χ0v) is 53.8. The first kappa shape index (κ1) is 63.6. The molecule has 0 bridgehead atoms. The number of ether oxygens (including phenoxy) is 6. The number of phenols is 1. The van der Waals surface area contributed by atoms with E-state index in [4.69, 9.17) is 41.7 Å². The molecular formula is C56H83N3O21Si4. The molecule has 0 spiro atoms. The van der Waals surface area contributed by atoms with E-state index in [9.17, 15) is 60.3 Å². The number of carbonyl (C=O) groups excluding carboxylic acids is 3. The lowest BCUT2D eigenvalue weighted by atomic mass is 9.66. The molecule has 0 unspecified atom stereocenters. The van der Waals surface area contributed by atoms with Crippen LogP contribution in [0.5, 0.6) is 40.2 Å². The van der Waals surface area contributed by atoms with Gasteiger partial charge in [-0.1, -0.05) is 33.1 Å². The summed E-state index contributed by atoms with van der Waals surface area (Å²) < 4.78 is 52.7. The van der Waals surface area contributed by atoms with E-state index in [0.717, 1.165) is 5.56 Å². The number of aliphatic hydroxyl groups is 8. The van der Waals surface area contributed by atoms with Gasteiger partial charge >= 0.3 is 0 Å². The highest BCUT2D eigenvalue weighted by Crippen LogP contribution is 2.52. The Balaban J connectivity index is 0.000000149. The van der Waals surface area contributed by atoms with E-state index < -0.39 is 123 Å². The summed E-state index contributed by atoms with van der Waals surface area (Å²) in [6.45, 7) is 31.5. The van der Waals surface area contributed by atoms with Crippen molar-refractivity contribution in [3.05, 3.63) is 63.7 Å². The maximum atomic E-state index is 13.4. The second-order valence-corrected chi connectivity index (χ2v) is 46.8. The van der Waals surface area contributed by atoms with Crippen molar-refractivity contribution in [1.82, 2.24) is 16.0 Å². The maximum Gasteiger partial charge on any atom is 0.255 e. The molecule has 0 radical (unpaired) electrons. The standard InChI is InChI=1S/C24H41NO6Si3.C14H15NO8.C14H15NO7.C4H12Si/c1-14-19-15-11-17-18(28-13-27-17)12-16(15)24(26)25-20(19)22(30-33(5,6)7)23(31-34(8,9)10)21(14)29-32(2,3)4;16-8-5-3-1-4-13(23-2-22-4)9(17)6(3)14(21)15-7(5)10(18)12(20)11(8)19;16-10-8-4-1-6-7(22-3-21-6)2-5(4)14(20)15-9(8)11(17)13(19)12(10)18;1-5(2,3)4/h11-12,14,19-23H,13H2,1-10H3,(H,25,26);1,5,7-8,10-12,16-20H,2H2,(H,15,21);1-2,8-13,16-19H,3H2,(H,15,20);1-4H3/t14-,19-,20-,21+,22+,23-;5-,7-,8-,10+,11+,12+;8-,9-,10-,11+,12+,13+;/m111./s1. The highest BCUT2D eigenvalue weighted by Gasteiger charge is 2.58. The van der Waals surface area contributed by atoms with Gasteiger partial charge in [0.2, 0.25) is 26.1 Å². The molecule has 3 aromatic carbocycles. The third-order valence-corrected chi connectivity index (χ3v) is 18.7. The number of fused-ring (bicyclic) bond motifs is 12. The molecule has 9 aliphatic rings. The van der Waals surface area contributed by atoms with Crippen LogP contribution in [0.3, 0.4) is 0 Å². The van der Waals surface area contributed by atoms with Gasteiger partial charge in [-0.05, 0) is 112 Å². The Morgan fingerprint density at radius 3 is 1.23 bits per heavy atom. The summed E-state index contributed by atoms with van der Waals surface area (Å²) in [5, 5.41) is 98.9. The fourth-order valence-electron chi connectivity index (χ4n) is 12.4. The number of carbonyl (C=O) groups is 3. The minimum atomic E-state index is -1.98. The Bertz CT molecular complexity index is 3000. The third kappa shape index (κ3) is 12.6. The molecule has 6 heterocycles. The van der Waals surface area contributed by atoms with Crippen molar-refractivity contribution in [3.63, 3.8) is 0 Å². The molecule has 3 fully saturated rings. The predicted octanol–water partition coefficient (Wildman–Crippen LogP) is 2.72. The van der Waals surface area contributed by atoms with Gasteiger partial charge in [-0.3, -0.25) is 14.4 Å². The summed E-state index contributed by atoms with van der Waals surface area (Å²) in [5.74, 6) is -0.746. The molecule has 24 nitrogen and oxygen atoms in total. The summed E-state index contributed by atoms with van der Waals surface area (Å²) in [5.41, 5.74) is 2.50. The van der Waals surface area contributed by atoms with Crippen LogP contribution in [0, 0.1) is 5.92 Å². The number of rotatable bonds is 6. The number of hydrogen-bond donors (Lipinski definition) is 12. The van der Waals surface area contributed by atoms with Crippen molar-refractivity contribution in [2.45, 2.75) is 195 Å². The fourth-order valence-corrected chi connectivity index (χ4v) is 15.8. The van der Waals surface area contributed by atoms with E-state index in [0.29, 0.717) is 39.7 Å². The first-order chi connectivity index (χ1) is 38.9. The van der Waals surface area contributed by atoms with Gasteiger partial charge in [-0.15, -0.1) is 0 Å². The van der Waals surface area contributed by atoms with Crippen molar-refractivity contribution in [3.8, 4) is 40.2 Å². The SMILES string of the molecule is C[C@H]1[C@H](O[Si](C)(C)C)[C@@H](O[Si](C)(C)C)[C@@H](O[Si](C)(C)C)[C@@H]2NC(=O)c3cc4c(cc3[C@@H]12)OCO4.C[Si](C)(C)C.O=C1N[C@H]2[C@H](O)[C@H](O)[C@@H](O)[C@H](O)[C@@H]2c2cc3c(c(O)c21)OCO3.O=C1N[C@H]2[C@H](O)[C@H](O)[C@@H](O)[C@H](O)[C@@H]2c2cc3c(cc21)OCO3. The normalized spacial score (nSPS) is 33.9. The van der Waals surface area contributed by atoms with Crippen LogP contribution in [0.4, 0.5) is 0 Å². The summed E-state index contributed by atoms with van der Waals surface area (Å²) in [6, 6.07) is 6.24. The second kappa shape index (κ2) is 23.3. The predicted molar refractivity (Wildman–Crippen MR) is 312 cm³/mol. The molecule has 12 N–H and O–H groups in total. The van der Waals surface area contributed by atoms with Crippen molar-refractivity contribution in [2.24, 2.45) is 5.92 Å². The smallest absolute Gasteiger partial charge is 0.255 e. The van der Waals surface area contributed by atoms with Gasteiger partial charge in [0.15, 0.2) is 59.4 Å². The Morgan fingerprint density at radius 2 is 0.762 bits per heavy atom. The number of nitrogens with one attached hydrogen (secondary N) is 3. The first-order valence-corrected chi connectivity index (χ1v) is 42.6. The Hall–Kier alpha value is -4.90. The average Bonchev–Trinajstić information content (AvgIpc) is 1.12. The van der Waals surface area contributed by atoms with Crippen LogP contribution in [-0.2, 0) is 13.3 Å². The quantitative estimate of drug-likeness (QED) is 0.158. The minimum absolute atomic E-state index is 0.0198. The summed E-state index contributed by atoms with van der Waals surface area (Å²) in [4.78, 5) is 37.9. The Labute approximate surface area is 492 Å². The van der Waals surface area contributed by atoms with E-state index in [-0.39, 0.29) is 85.1 Å². The van der Waals surface area contributed by atoms with Gasteiger partial charge in [-0.25, -0.2) is 0 Å². The lowest BCUT2D eigenvalue weighted by Gasteiger charge is -2.55. The molecule has 3 saturated carbocycles. The third-order valence-electron chi connectivity index (χ3n) is 15.7. The van der Waals surface area contributed by atoms with Crippen LogP contribution in [0.1, 0.15) is 72.4 Å². The summed E-state index contributed by atoms with van der Waals surface area (Å²) in [6.07, 6.45) is -12.5. The van der Waals surface area contributed by atoms with Gasteiger partial charge < -0.3 is 104 Å². The number of hydrogen-bond acceptors (Lipinski definition) is 21. The van der Waals surface area contributed by atoms with E-state index in [2.05, 4.69) is 108 Å². The molecule has 0 aromatic heterocycles. The van der Waals surface area contributed by atoms with Gasteiger partial charge in [0.1, 0.15) is 36.6 Å². The highest BCUT2D eigenvalue weighted by atomic mass is 28.4. The second-order valence-electron chi connectivity index (χ2n) is 27.5. The van der Waals surface area contributed by atoms with Crippen LogP contribution in [0.2, 0.25) is 85.1 Å². The molecule has 3 aromatic rings. The zero-order chi connectivity index (χ0) is 61.8. The Kier molecular flexibility index (Phi) is 17.7. The highest BCUT2D eigenvalue weighted by molar-refractivity contribution is 6.74. The fraction of sp³-hybridized carbons (Fsp3) is 0.625. The zero-order valence-electron chi connectivity index (χ0n) is 49.8. The van der Waals surface area contributed by atoms with E-state index in [1.807, 2.05) is 12.1 Å². The number of benzene rings is 3. The van der Waals surface area contributed by atoms with Crippen LogP contribution >= 0.6 is 0 Å². The van der Waals surface area contributed by atoms with Crippen molar-refractivity contribution in [1.29, 1.82) is 0 Å². The first-order valence-electron chi connectivity index (χ1n) is 28.4. The molecule has 18 atom stereocenters. The van der Waals surface area contributed by atoms with E-state index >= 15 is 0 Å². The largest absolute Gasteiger partial charge is 0.504 e. The molecule has 28 heteroatoms. The molecule has 3 amide bonds. The maximum absolute atomic E-state index is 13.4. The summed E-state index contributed by atoms with van der Waals surface area (Å²) in [7, 11) is -6.45. The number of amides is 3. The van der Waals surface area contributed by atoms with Crippen molar-refractivity contribution in [2.75, 3.05) is 20.4 Å². The van der Waals surface area contributed by atoms with Crippen molar-refractivity contribution >= 4 is 50.7 Å². The van der Waals surface area contributed by atoms with Gasteiger partial charge in [0.25, 0.3) is 17.7 Å².